The predicted molar refractivity (Wildman–Crippen MR) is 64.1 cm³/mol. The van der Waals surface area contributed by atoms with E-state index in [0.29, 0.717) is 5.76 Å². The van der Waals surface area contributed by atoms with Gasteiger partial charge in [-0.3, -0.25) is 0 Å². The maximum Gasteiger partial charge on any atom is 0.335 e. The third kappa shape index (κ3) is 2.90. The van der Waals surface area contributed by atoms with Crippen LogP contribution in [0.1, 0.15) is 21.9 Å². The summed E-state index contributed by atoms with van der Waals surface area (Å²) in [5.74, 6) is -1.07. The first-order valence-corrected chi connectivity index (χ1v) is 5.35. The summed E-state index contributed by atoms with van der Waals surface area (Å²) >= 11 is 0. The molecule has 0 fully saturated rings. The molecule has 2 aromatic rings. The molecule has 96 valence electrons. The number of nitriles is 1. The van der Waals surface area contributed by atoms with Crippen LogP contribution in [0.2, 0.25) is 0 Å². The van der Waals surface area contributed by atoms with Crippen LogP contribution in [0.3, 0.4) is 0 Å². The lowest BCUT2D eigenvalue weighted by Gasteiger charge is -2.06. The van der Waals surface area contributed by atoms with E-state index < -0.39 is 11.8 Å². The number of furan rings is 1. The van der Waals surface area contributed by atoms with Crippen molar-refractivity contribution >= 4 is 11.7 Å². The average Bonchev–Trinajstić information content (AvgIpc) is 2.85. The number of carboxylic acids is 1. The zero-order valence-electron chi connectivity index (χ0n) is 9.68. The highest BCUT2D eigenvalue weighted by molar-refractivity contribution is 5.88. The van der Waals surface area contributed by atoms with Gasteiger partial charge in [-0.1, -0.05) is 0 Å². The Hall–Kier alpha value is -2.81. The molecule has 0 spiro atoms. The average molecular weight is 260 g/mol. The third-order valence-corrected chi connectivity index (χ3v) is 2.44. The van der Waals surface area contributed by atoms with Crippen molar-refractivity contribution in [2.75, 3.05) is 5.32 Å². The molecule has 0 bridgehead atoms. The molecule has 2 rings (SSSR count). The molecule has 1 heterocycles. The number of carbonyl (C=O) groups is 1. The topological polar surface area (TPSA) is 86.3 Å². The molecule has 0 atom stereocenters. The van der Waals surface area contributed by atoms with Crippen molar-refractivity contribution < 1.29 is 18.7 Å². The minimum atomic E-state index is -1.13. The monoisotopic (exact) mass is 260 g/mol. The standard InChI is InChI=1S/C13H9FN2O3/c14-11-4-1-8(13(17)18)5-12(11)16-7-10-3-2-9(6-15)19-10/h1-5,16H,7H2,(H,17,18). The normalized spacial score (nSPS) is 9.89. The first-order chi connectivity index (χ1) is 9.10. The second kappa shape index (κ2) is 5.23. The van der Waals surface area contributed by atoms with Crippen molar-refractivity contribution in [1.82, 2.24) is 0 Å². The Labute approximate surface area is 107 Å². The van der Waals surface area contributed by atoms with Crippen LogP contribution in [-0.2, 0) is 6.54 Å². The van der Waals surface area contributed by atoms with Gasteiger partial charge in [-0.05, 0) is 30.3 Å². The smallest absolute Gasteiger partial charge is 0.335 e. The van der Waals surface area contributed by atoms with Gasteiger partial charge in [0.15, 0.2) is 0 Å². The summed E-state index contributed by atoms with van der Waals surface area (Å²) < 4.78 is 18.6. The molecule has 0 radical (unpaired) electrons. The Bertz CT molecular complexity index is 658. The van der Waals surface area contributed by atoms with Crippen molar-refractivity contribution in [2.24, 2.45) is 0 Å². The quantitative estimate of drug-likeness (QED) is 0.882. The van der Waals surface area contributed by atoms with E-state index in [1.165, 1.54) is 18.2 Å². The summed E-state index contributed by atoms with van der Waals surface area (Å²) in [4.78, 5) is 10.8. The first kappa shape index (κ1) is 12.6. The number of anilines is 1. The lowest BCUT2D eigenvalue weighted by Crippen LogP contribution is -2.03. The fourth-order valence-corrected chi connectivity index (χ4v) is 1.51. The second-order valence-electron chi connectivity index (χ2n) is 3.73. The van der Waals surface area contributed by atoms with E-state index in [1.807, 2.05) is 6.07 Å². The van der Waals surface area contributed by atoms with Gasteiger partial charge in [0.25, 0.3) is 0 Å². The van der Waals surface area contributed by atoms with Crippen molar-refractivity contribution in [3.63, 3.8) is 0 Å². The van der Waals surface area contributed by atoms with Crippen LogP contribution in [-0.4, -0.2) is 11.1 Å². The van der Waals surface area contributed by atoms with Gasteiger partial charge in [-0.15, -0.1) is 0 Å². The number of halogens is 1. The fraction of sp³-hybridized carbons (Fsp3) is 0.0769. The Morgan fingerprint density at radius 3 is 2.84 bits per heavy atom. The molecular weight excluding hydrogens is 251 g/mol. The minimum absolute atomic E-state index is 0.0129. The van der Waals surface area contributed by atoms with E-state index in [1.54, 1.807) is 6.07 Å². The van der Waals surface area contributed by atoms with E-state index in [-0.39, 0.29) is 23.6 Å². The lowest BCUT2D eigenvalue weighted by atomic mass is 10.2. The van der Waals surface area contributed by atoms with Crippen molar-refractivity contribution in [3.8, 4) is 6.07 Å². The molecule has 0 amide bonds. The highest BCUT2D eigenvalue weighted by atomic mass is 19.1. The summed E-state index contributed by atoms with van der Waals surface area (Å²) in [6.07, 6.45) is 0. The number of nitrogens with one attached hydrogen (secondary N) is 1. The lowest BCUT2D eigenvalue weighted by molar-refractivity contribution is 0.0697. The summed E-state index contributed by atoms with van der Waals surface area (Å²) in [7, 11) is 0. The maximum absolute atomic E-state index is 13.5. The van der Waals surface area contributed by atoms with Gasteiger partial charge in [0.1, 0.15) is 17.6 Å². The molecule has 5 nitrogen and oxygen atoms in total. The van der Waals surface area contributed by atoms with Crippen LogP contribution < -0.4 is 5.32 Å². The van der Waals surface area contributed by atoms with Gasteiger partial charge >= 0.3 is 5.97 Å². The summed E-state index contributed by atoms with van der Waals surface area (Å²) in [5, 5.41) is 20.1. The first-order valence-electron chi connectivity index (χ1n) is 5.35. The molecule has 0 aliphatic carbocycles. The molecule has 6 heteroatoms. The fourth-order valence-electron chi connectivity index (χ4n) is 1.51. The molecule has 0 saturated carbocycles. The van der Waals surface area contributed by atoms with E-state index in [9.17, 15) is 9.18 Å². The molecule has 0 unspecified atom stereocenters. The van der Waals surface area contributed by atoms with Crippen molar-refractivity contribution in [1.29, 1.82) is 5.26 Å². The van der Waals surface area contributed by atoms with Crippen LogP contribution in [0, 0.1) is 17.1 Å². The number of aromatic carboxylic acids is 1. The number of hydrogen-bond donors (Lipinski definition) is 2. The van der Waals surface area contributed by atoms with Crippen molar-refractivity contribution in [3.05, 3.63) is 53.2 Å². The van der Waals surface area contributed by atoms with Gasteiger partial charge in [0.05, 0.1) is 17.8 Å². The summed E-state index contributed by atoms with van der Waals surface area (Å²) in [5.41, 5.74) is 0.0517. The van der Waals surface area contributed by atoms with Gasteiger partial charge in [0.2, 0.25) is 5.76 Å². The highest BCUT2D eigenvalue weighted by Gasteiger charge is 2.09. The molecule has 2 N–H and O–H groups in total. The van der Waals surface area contributed by atoms with Gasteiger partial charge in [-0.2, -0.15) is 5.26 Å². The number of nitrogens with zero attached hydrogens (tertiary/aromatic N) is 1. The Balaban J connectivity index is 2.12. The Kier molecular flexibility index (Phi) is 3.48. The number of carboxylic acid groups (broad SMARTS) is 1. The van der Waals surface area contributed by atoms with Crippen LogP contribution in [0.5, 0.6) is 0 Å². The SMILES string of the molecule is N#Cc1ccc(CNc2cc(C(=O)O)ccc2F)o1. The van der Waals surface area contributed by atoms with E-state index in [0.717, 1.165) is 6.07 Å². The molecule has 1 aromatic heterocycles. The van der Waals surface area contributed by atoms with Crippen molar-refractivity contribution in [2.45, 2.75) is 6.54 Å². The van der Waals surface area contributed by atoms with Crippen LogP contribution >= 0.6 is 0 Å². The Morgan fingerprint density at radius 2 is 2.21 bits per heavy atom. The maximum atomic E-state index is 13.5. The molecule has 19 heavy (non-hydrogen) atoms. The number of rotatable bonds is 4. The highest BCUT2D eigenvalue weighted by Crippen LogP contribution is 2.18. The van der Waals surface area contributed by atoms with Crippen LogP contribution in [0.25, 0.3) is 0 Å². The zero-order chi connectivity index (χ0) is 13.8. The van der Waals surface area contributed by atoms with Gasteiger partial charge < -0.3 is 14.8 Å². The molecule has 0 aliphatic rings. The molecular formula is C13H9FN2O3. The summed E-state index contributed by atoms with van der Waals surface area (Å²) in [6.45, 7) is 0.154. The van der Waals surface area contributed by atoms with Crippen LogP contribution in [0.15, 0.2) is 34.7 Å². The largest absolute Gasteiger partial charge is 0.478 e. The van der Waals surface area contributed by atoms with E-state index in [4.69, 9.17) is 14.8 Å². The third-order valence-electron chi connectivity index (χ3n) is 2.44. The Morgan fingerprint density at radius 1 is 1.42 bits per heavy atom. The minimum Gasteiger partial charge on any atom is -0.478 e. The van der Waals surface area contributed by atoms with Gasteiger partial charge in [-0.25, -0.2) is 9.18 Å². The summed E-state index contributed by atoms with van der Waals surface area (Å²) in [6, 6.07) is 8.39. The molecule has 0 saturated heterocycles. The van der Waals surface area contributed by atoms with E-state index in [2.05, 4.69) is 5.32 Å². The van der Waals surface area contributed by atoms with E-state index >= 15 is 0 Å². The van der Waals surface area contributed by atoms with Crippen LogP contribution in [0.4, 0.5) is 10.1 Å². The number of benzene rings is 1. The molecule has 1 aromatic carbocycles. The second-order valence-corrected chi connectivity index (χ2v) is 3.73. The van der Waals surface area contributed by atoms with Gasteiger partial charge in [0, 0.05) is 0 Å². The number of hydrogen-bond acceptors (Lipinski definition) is 4. The predicted octanol–water partition coefficient (Wildman–Crippen LogP) is 2.60. The zero-order valence-corrected chi connectivity index (χ0v) is 9.68. The molecule has 0 aliphatic heterocycles.